The van der Waals surface area contributed by atoms with Crippen LogP contribution in [-0.4, -0.2) is 84.1 Å². The molecule has 0 atom stereocenters. The Bertz CT molecular complexity index is 1320. The van der Waals surface area contributed by atoms with E-state index in [9.17, 15) is 18.3 Å². The number of benzene rings is 1. The number of amides is 1. The van der Waals surface area contributed by atoms with Crippen LogP contribution in [-0.2, 0) is 14.8 Å². The van der Waals surface area contributed by atoms with Crippen LogP contribution in [0.15, 0.2) is 24.3 Å². The van der Waals surface area contributed by atoms with Gasteiger partial charge < -0.3 is 19.5 Å². The van der Waals surface area contributed by atoms with Crippen molar-refractivity contribution in [1.29, 1.82) is 0 Å². The van der Waals surface area contributed by atoms with Crippen LogP contribution >= 0.6 is 11.3 Å². The third kappa shape index (κ3) is 7.54. The predicted octanol–water partition coefficient (Wildman–Crippen LogP) is 5.05. The molecule has 1 saturated heterocycles. The Hall–Kier alpha value is -2.21. The van der Waals surface area contributed by atoms with Gasteiger partial charge in [-0.2, -0.15) is 4.31 Å². The quantitative estimate of drug-likeness (QED) is 0.412. The fraction of sp³-hybridized carbons (Fsp3) is 0.655. The number of hydrogen-bond acceptors (Lipinski definition) is 8. The zero-order chi connectivity index (χ0) is 28.3. The second-order valence-electron chi connectivity index (χ2n) is 11.9. The monoisotopic (exact) mass is 591 g/mol. The van der Waals surface area contributed by atoms with Gasteiger partial charge in [-0.25, -0.2) is 18.2 Å². The number of aromatic nitrogens is 1. The Morgan fingerprint density at radius 1 is 1.18 bits per heavy atom. The summed E-state index contributed by atoms with van der Waals surface area (Å²) in [5.74, 6) is 0.602. The van der Waals surface area contributed by atoms with E-state index in [1.165, 1.54) is 34.9 Å². The molecule has 0 spiro atoms. The molecule has 5 rings (SSSR count). The van der Waals surface area contributed by atoms with Gasteiger partial charge in [0, 0.05) is 39.0 Å². The van der Waals surface area contributed by atoms with Crippen molar-refractivity contribution in [1.82, 2.24) is 14.2 Å². The first-order chi connectivity index (χ1) is 19.1. The normalized spacial score (nSPS) is 19.9. The summed E-state index contributed by atoms with van der Waals surface area (Å²) < 4.78 is 39.7. The van der Waals surface area contributed by atoms with Crippen LogP contribution in [0.2, 0.25) is 0 Å². The summed E-state index contributed by atoms with van der Waals surface area (Å²) in [5.41, 5.74) is 2.24. The van der Waals surface area contributed by atoms with Gasteiger partial charge in [-0.05, 0) is 75.1 Å². The molecule has 1 N–H and O–H groups in total. The summed E-state index contributed by atoms with van der Waals surface area (Å²) in [7, 11) is -3.35. The molecule has 1 saturated carbocycles. The van der Waals surface area contributed by atoms with Gasteiger partial charge in [0.1, 0.15) is 6.10 Å². The van der Waals surface area contributed by atoms with Gasteiger partial charge in [0.2, 0.25) is 10.0 Å². The number of fused-ring (bicyclic) bond motifs is 1. The molecule has 40 heavy (non-hydrogen) atoms. The Morgan fingerprint density at radius 3 is 2.60 bits per heavy atom. The summed E-state index contributed by atoms with van der Waals surface area (Å²) in [6.07, 6.45) is 8.45. The van der Waals surface area contributed by atoms with Gasteiger partial charge in [-0.15, -0.1) is 0 Å². The Morgan fingerprint density at radius 2 is 1.95 bits per heavy atom. The number of hydrogen-bond donors (Lipinski definition) is 1. The second-order valence-corrected chi connectivity index (χ2v) is 15.0. The highest BCUT2D eigenvalue weighted by molar-refractivity contribution is 7.89. The van der Waals surface area contributed by atoms with Crippen LogP contribution in [0.25, 0.3) is 15.8 Å². The molecule has 2 fully saturated rings. The Labute approximate surface area is 241 Å². The van der Waals surface area contributed by atoms with Gasteiger partial charge in [-0.1, -0.05) is 29.9 Å². The lowest BCUT2D eigenvalue weighted by molar-refractivity contribution is 0.0500. The molecule has 3 heterocycles. The molecular formula is C29H41N3O6S2. The minimum Gasteiger partial charge on any atom is -0.467 e. The second kappa shape index (κ2) is 12.3. The van der Waals surface area contributed by atoms with Crippen LogP contribution in [0.3, 0.4) is 0 Å². The molecule has 1 aliphatic carbocycles. The first-order valence-corrected chi connectivity index (χ1v) is 16.9. The maximum Gasteiger partial charge on any atom is 0.409 e. The van der Waals surface area contributed by atoms with Crippen LogP contribution in [0, 0.1) is 5.92 Å². The summed E-state index contributed by atoms with van der Waals surface area (Å²) in [4.78, 5) is 18.8. The average molecular weight is 592 g/mol. The number of ether oxygens (including phenoxy) is 2. The molecule has 0 unspecified atom stereocenters. The van der Waals surface area contributed by atoms with E-state index in [0.717, 1.165) is 34.2 Å². The lowest BCUT2D eigenvalue weighted by atomic mass is 9.86. The molecule has 9 nitrogen and oxygen atoms in total. The van der Waals surface area contributed by atoms with Gasteiger partial charge in [-0.3, -0.25) is 0 Å². The minimum absolute atomic E-state index is 0.0214. The molecule has 1 amide bonds. The van der Waals surface area contributed by atoms with E-state index in [0.29, 0.717) is 63.2 Å². The lowest BCUT2D eigenvalue weighted by Crippen LogP contribution is -2.42. The summed E-state index contributed by atoms with van der Waals surface area (Å²) in [5, 5.41) is 10.5. The van der Waals surface area contributed by atoms with Gasteiger partial charge >= 0.3 is 6.09 Å². The number of likely N-dealkylation sites (tertiary alicyclic amines) is 1. The van der Waals surface area contributed by atoms with Crippen molar-refractivity contribution < 1.29 is 27.8 Å². The number of nitrogens with zero attached hydrogens (tertiary/aromatic N) is 3. The maximum atomic E-state index is 12.7. The topological polar surface area (TPSA) is 109 Å². The number of thiazole rings is 1. The van der Waals surface area contributed by atoms with E-state index in [1.807, 2.05) is 18.2 Å². The Kier molecular flexibility index (Phi) is 9.04. The average Bonchev–Trinajstić information content (AvgIpc) is 3.29. The van der Waals surface area contributed by atoms with Crippen molar-refractivity contribution in [2.45, 2.75) is 76.9 Å². The molecule has 0 bridgehead atoms. The molecular weight excluding hydrogens is 550 g/mol. The lowest BCUT2D eigenvalue weighted by Gasteiger charge is -2.32. The molecule has 2 aliphatic heterocycles. The first kappa shape index (κ1) is 29.3. The SMILES string of the molecule is CC(C)(O)CCCS(=O)(=O)N1CC=C(c2ccc3nc(OC4CCN(C(=O)OCC5CCC5)CC4)sc3c2)CC1. The van der Waals surface area contributed by atoms with Crippen LogP contribution in [0.4, 0.5) is 4.79 Å². The van der Waals surface area contributed by atoms with Crippen molar-refractivity contribution in [3.05, 3.63) is 29.8 Å². The van der Waals surface area contributed by atoms with Crippen LogP contribution in [0.1, 0.15) is 70.8 Å². The van der Waals surface area contributed by atoms with E-state index >= 15 is 0 Å². The highest BCUT2D eigenvalue weighted by Crippen LogP contribution is 2.34. The third-order valence-electron chi connectivity index (χ3n) is 8.13. The molecule has 11 heteroatoms. The molecule has 220 valence electrons. The third-order valence-corrected chi connectivity index (χ3v) is 11.0. The van der Waals surface area contributed by atoms with Crippen molar-refractivity contribution in [2.24, 2.45) is 5.92 Å². The maximum absolute atomic E-state index is 12.7. The van der Waals surface area contributed by atoms with Crippen molar-refractivity contribution in [3.63, 3.8) is 0 Å². The first-order valence-electron chi connectivity index (χ1n) is 14.4. The van der Waals surface area contributed by atoms with E-state index in [1.54, 1.807) is 18.7 Å². The van der Waals surface area contributed by atoms with E-state index in [4.69, 9.17) is 9.47 Å². The van der Waals surface area contributed by atoms with Gasteiger partial charge in [0.15, 0.2) is 0 Å². The molecule has 2 aromatic rings. The van der Waals surface area contributed by atoms with Gasteiger partial charge in [0.25, 0.3) is 5.19 Å². The summed E-state index contributed by atoms with van der Waals surface area (Å²) in [6.45, 7) is 6.02. The number of rotatable bonds is 10. The smallest absolute Gasteiger partial charge is 0.409 e. The van der Waals surface area contributed by atoms with Crippen molar-refractivity contribution >= 4 is 43.2 Å². The highest BCUT2D eigenvalue weighted by Gasteiger charge is 2.28. The number of sulfonamides is 1. The molecule has 3 aliphatic rings. The molecule has 1 aromatic heterocycles. The van der Waals surface area contributed by atoms with Gasteiger partial charge in [0.05, 0.1) is 28.2 Å². The van der Waals surface area contributed by atoms with Crippen LogP contribution < -0.4 is 4.74 Å². The van der Waals surface area contributed by atoms with Crippen molar-refractivity contribution in [3.8, 4) is 5.19 Å². The Balaban J connectivity index is 1.12. The fourth-order valence-corrected chi connectivity index (χ4v) is 7.73. The molecule has 1 aromatic carbocycles. The molecule has 0 radical (unpaired) electrons. The van der Waals surface area contributed by atoms with E-state index in [2.05, 4.69) is 11.1 Å². The fourth-order valence-electron chi connectivity index (χ4n) is 5.37. The van der Waals surface area contributed by atoms with E-state index < -0.39 is 15.6 Å². The number of carbonyl (C=O) groups excluding carboxylic acids is 1. The standard InChI is InChI=1S/C29H41N3O6S2/c1-29(2,34)13-4-18-40(35,36)32-16-9-22(10-17-32)23-7-8-25-26(19-23)39-27(30-25)38-24-11-14-31(15-12-24)28(33)37-20-21-5-3-6-21/h7-9,19,21,24,34H,3-6,10-18,20H2,1-2H3. The van der Waals surface area contributed by atoms with E-state index in [-0.39, 0.29) is 18.0 Å². The van der Waals surface area contributed by atoms with Crippen molar-refractivity contribution in [2.75, 3.05) is 38.5 Å². The summed E-state index contributed by atoms with van der Waals surface area (Å²) in [6, 6.07) is 6.15. The summed E-state index contributed by atoms with van der Waals surface area (Å²) >= 11 is 1.52. The number of piperidine rings is 1. The number of aliphatic hydroxyl groups is 1. The predicted molar refractivity (Wildman–Crippen MR) is 157 cm³/mol. The zero-order valence-electron chi connectivity index (χ0n) is 23.5. The largest absolute Gasteiger partial charge is 0.467 e. The zero-order valence-corrected chi connectivity index (χ0v) is 25.1. The minimum atomic E-state index is -3.35. The van der Waals surface area contributed by atoms with Crippen LogP contribution in [0.5, 0.6) is 5.19 Å². The number of carbonyl (C=O) groups is 1. The highest BCUT2D eigenvalue weighted by atomic mass is 32.2.